The average Bonchev–Trinajstić information content (AvgIpc) is 2.44. The maximum atomic E-state index is 2.39. The van der Waals surface area contributed by atoms with Crippen molar-refractivity contribution in [2.24, 2.45) is 23.7 Å². The molecule has 2 saturated carbocycles. The topological polar surface area (TPSA) is 0 Å². The van der Waals surface area contributed by atoms with Crippen molar-refractivity contribution in [1.82, 2.24) is 0 Å². The highest BCUT2D eigenvalue weighted by molar-refractivity contribution is 4.90. The van der Waals surface area contributed by atoms with Gasteiger partial charge >= 0.3 is 0 Å². The van der Waals surface area contributed by atoms with Crippen LogP contribution in [0.1, 0.15) is 39.5 Å². The van der Waals surface area contributed by atoms with Crippen LogP contribution in [0.3, 0.4) is 0 Å². The summed E-state index contributed by atoms with van der Waals surface area (Å²) in [6, 6.07) is 0. The molecule has 2 aliphatic carbocycles. The molecule has 2 unspecified atom stereocenters. The zero-order valence-corrected chi connectivity index (χ0v) is 7.14. The lowest BCUT2D eigenvalue weighted by molar-refractivity contribution is 0.256. The molecule has 2 rings (SSSR count). The number of fused-ring (bicyclic) bond motifs is 2. The molecule has 0 saturated heterocycles. The second-order valence-corrected chi connectivity index (χ2v) is 4.58. The number of hydrogen-bond acceptors (Lipinski definition) is 0. The van der Waals surface area contributed by atoms with Crippen LogP contribution in [0.15, 0.2) is 0 Å². The Balaban J connectivity index is 2.02. The van der Waals surface area contributed by atoms with E-state index < -0.39 is 0 Å². The smallest absolute Gasteiger partial charge is 0.0360 e. The lowest BCUT2D eigenvalue weighted by Gasteiger charge is -2.24. The van der Waals surface area contributed by atoms with Crippen molar-refractivity contribution < 1.29 is 0 Å². The molecule has 3 atom stereocenters. The van der Waals surface area contributed by atoms with Gasteiger partial charge < -0.3 is 0 Å². The van der Waals surface area contributed by atoms with Gasteiger partial charge in [-0.25, -0.2) is 0 Å². The summed E-state index contributed by atoms with van der Waals surface area (Å²) < 4.78 is 0. The third-order valence-corrected chi connectivity index (χ3v) is 3.65. The van der Waals surface area contributed by atoms with Gasteiger partial charge in [0.1, 0.15) is 0 Å². The highest BCUT2D eigenvalue weighted by Crippen LogP contribution is 2.50. The molecule has 0 aromatic heterocycles. The first-order valence-electron chi connectivity index (χ1n) is 4.77. The molecule has 0 nitrogen and oxygen atoms in total. The maximum Gasteiger partial charge on any atom is -0.0360 e. The van der Waals surface area contributed by atoms with E-state index >= 15 is 0 Å². The van der Waals surface area contributed by atoms with E-state index in [1.54, 1.807) is 25.7 Å². The van der Waals surface area contributed by atoms with Gasteiger partial charge in [-0.2, -0.15) is 0 Å². The van der Waals surface area contributed by atoms with Gasteiger partial charge in [0.15, 0.2) is 0 Å². The summed E-state index contributed by atoms with van der Waals surface area (Å²) in [7, 11) is 0. The third kappa shape index (κ3) is 0.889. The van der Waals surface area contributed by atoms with Crippen LogP contribution in [0.4, 0.5) is 0 Å². The van der Waals surface area contributed by atoms with Crippen molar-refractivity contribution >= 4 is 0 Å². The molecule has 0 aromatic carbocycles. The Morgan fingerprint density at radius 3 is 2.20 bits per heavy atom. The van der Waals surface area contributed by atoms with Gasteiger partial charge in [0, 0.05) is 0 Å². The third-order valence-electron chi connectivity index (χ3n) is 3.65. The molecule has 0 aromatic rings. The zero-order chi connectivity index (χ0) is 7.14. The molecule has 0 heterocycles. The fourth-order valence-corrected chi connectivity index (χ4v) is 3.11. The second kappa shape index (κ2) is 2.25. The van der Waals surface area contributed by atoms with Crippen molar-refractivity contribution in [1.29, 1.82) is 0 Å². The van der Waals surface area contributed by atoms with E-state index in [-0.39, 0.29) is 0 Å². The minimum absolute atomic E-state index is 0.954. The first-order valence-corrected chi connectivity index (χ1v) is 4.77. The summed E-state index contributed by atoms with van der Waals surface area (Å²) in [6.45, 7) is 4.79. The fraction of sp³-hybridized carbons (Fsp3) is 1.00. The van der Waals surface area contributed by atoms with Crippen LogP contribution in [0, 0.1) is 23.7 Å². The Morgan fingerprint density at radius 1 is 1.10 bits per heavy atom. The summed E-state index contributed by atoms with van der Waals surface area (Å²) in [6.07, 6.45) is 6.23. The molecular formula is C10H18. The average molecular weight is 138 g/mol. The van der Waals surface area contributed by atoms with Crippen molar-refractivity contribution in [3.63, 3.8) is 0 Å². The van der Waals surface area contributed by atoms with Gasteiger partial charge in [-0.15, -0.1) is 0 Å². The van der Waals surface area contributed by atoms with Crippen LogP contribution in [-0.2, 0) is 0 Å². The van der Waals surface area contributed by atoms with Crippen LogP contribution < -0.4 is 0 Å². The summed E-state index contributed by atoms with van der Waals surface area (Å²) in [5, 5.41) is 0. The quantitative estimate of drug-likeness (QED) is 0.522. The monoisotopic (exact) mass is 138 g/mol. The van der Waals surface area contributed by atoms with Gasteiger partial charge in [0.25, 0.3) is 0 Å². The molecule has 2 fully saturated rings. The molecule has 58 valence electrons. The van der Waals surface area contributed by atoms with E-state index in [4.69, 9.17) is 0 Å². The van der Waals surface area contributed by atoms with Crippen molar-refractivity contribution in [3.05, 3.63) is 0 Å². The lowest BCUT2D eigenvalue weighted by Crippen LogP contribution is -2.15. The molecular weight excluding hydrogens is 120 g/mol. The first kappa shape index (κ1) is 6.69. The molecule has 0 spiro atoms. The first-order chi connectivity index (χ1) is 4.77. The van der Waals surface area contributed by atoms with E-state index in [0.717, 1.165) is 23.7 Å². The number of hydrogen-bond donors (Lipinski definition) is 0. The Kier molecular flexibility index (Phi) is 1.51. The van der Waals surface area contributed by atoms with Crippen molar-refractivity contribution in [2.45, 2.75) is 39.5 Å². The lowest BCUT2D eigenvalue weighted by atomic mass is 9.81. The summed E-state index contributed by atoms with van der Waals surface area (Å²) in [5.41, 5.74) is 0. The predicted octanol–water partition coefficient (Wildman–Crippen LogP) is 3.08. The maximum absolute atomic E-state index is 2.39. The SMILES string of the molecule is CC(C)[C@@H]1CC2CCC1C2. The van der Waals surface area contributed by atoms with Gasteiger partial charge in [0.05, 0.1) is 0 Å². The molecule has 2 bridgehead atoms. The van der Waals surface area contributed by atoms with Crippen LogP contribution in [0.5, 0.6) is 0 Å². The largest absolute Gasteiger partial charge is 0.0625 e. The summed E-state index contributed by atoms with van der Waals surface area (Å²) in [5.74, 6) is 4.32. The molecule has 0 heteroatoms. The van der Waals surface area contributed by atoms with Gasteiger partial charge in [-0.3, -0.25) is 0 Å². The normalized spacial score (nSPS) is 45.3. The van der Waals surface area contributed by atoms with E-state index in [1.165, 1.54) is 0 Å². The van der Waals surface area contributed by atoms with Crippen molar-refractivity contribution in [3.8, 4) is 0 Å². The Hall–Kier alpha value is 0. The summed E-state index contributed by atoms with van der Waals surface area (Å²) >= 11 is 0. The molecule has 10 heavy (non-hydrogen) atoms. The Labute approximate surface area is 64.0 Å². The van der Waals surface area contributed by atoms with E-state index in [0.29, 0.717) is 0 Å². The standard InChI is InChI=1S/C10H18/c1-7(2)10-6-8-3-4-9(10)5-8/h7-10H,3-6H2,1-2H3/t8?,9?,10-/m0/s1. The van der Waals surface area contributed by atoms with Gasteiger partial charge in [0.2, 0.25) is 0 Å². The molecule has 0 N–H and O–H groups in total. The zero-order valence-electron chi connectivity index (χ0n) is 7.14. The van der Waals surface area contributed by atoms with Gasteiger partial charge in [-0.1, -0.05) is 20.3 Å². The van der Waals surface area contributed by atoms with E-state index in [9.17, 15) is 0 Å². The highest BCUT2D eigenvalue weighted by atomic mass is 14.5. The predicted molar refractivity (Wildman–Crippen MR) is 43.8 cm³/mol. The van der Waals surface area contributed by atoms with E-state index in [1.807, 2.05) is 0 Å². The Morgan fingerprint density at radius 2 is 1.90 bits per heavy atom. The van der Waals surface area contributed by atoms with Gasteiger partial charge in [-0.05, 0) is 42.9 Å². The van der Waals surface area contributed by atoms with Crippen LogP contribution in [0.25, 0.3) is 0 Å². The minimum atomic E-state index is 0.954. The molecule has 0 aliphatic heterocycles. The second-order valence-electron chi connectivity index (χ2n) is 4.58. The molecule has 0 amide bonds. The molecule has 0 radical (unpaired) electrons. The van der Waals surface area contributed by atoms with Crippen LogP contribution in [0.2, 0.25) is 0 Å². The minimum Gasteiger partial charge on any atom is -0.0625 e. The summed E-state index contributed by atoms with van der Waals surface area (Å²) in [4.78, 5) is 0. The van der Waals surface area contributed by atoms with Crippen LogP contribution >= 0.6 is 0 Å². The van der Waals surface area contributed by atoms with Crippen LogP contribution in [-0.4, -0.2) is 0 Å². The Bertz CT molecular complexity index is 126. The number of rotatable bonds is 1. The van der Waals surface area contributed by atoms with Crippen molar-refractivity contribution in [2.75, 3.05) is 0 Å². The fourth-order valence-electron chi connectivity index (χ4n) is 3.11. The van der Waals surface area contributed by atoms with E-state index in [2.05, 4.69) is 13.8 Å². The highest BCUT2D eigenvalue weighted by Gasteiger charge is 2.40. The molecule has 2 aliphatic rings.